The lowest BCUT2D eigenvalue weighted by molar-refractivity contribution is 0.612. The molecular formula is C7H6BrFN2. The van der Waals surface area contributed by atoms with Crippen LogP contribution >= 0.6 is 15.9 Å². The van der Waals surface area contributed by atoms with E-state index in [4.69, 9.17) is 0 Å². The maximum atomic E-state index is 12.8. The van der Waals surface area contributed by atoms with Gasteiger partial charge in [-0.25, -0.2) is 9.37 Å². The Balaban J connectivity index is 2.57. The van der Waals surface area contributed by atoms with Gasteiger partial charge in [0.15, 0.2) is 5.82 Å². The average molecular weight is 217 g/mol. The first kappa shape index (κ1) is 7.03. The van der Waals surface area contributed by atoms with Gasteiger partial charge in [-0.3, -0.25) is 0 Å². The SMILES string of the molecule is Fc1cc2c(nc1Br)CCN2. The summed E-state index contributed by atoms with van der Waals surface area (Å²) in [4.78, 5) is 4.03. The standard InChI is InChI=1S/C7H6BrFN2/c8-7-4(9)3-6-5(11-7)1-2-10-6/h3,10H,1-2H2. The Morgan fingerprint density at radius 1 is 1.64 bits per heavy atom. The first-order chi connectivity index (χ1) is 5.27. The van der Waals surface area contributed by atoms with E-state index in [0.717, 1.165) is 24.3 Å². The lowest BCUT2D eigenvalue weighted by atomic mass is 10.3. The van der Waals surface area contributed by atoms with Gasteiger partial charge in [-0.15, -0.1) is 0 Å². The molecule has 0 atom stereocenters. The number of rotatable bonds is 0. The highest BCUT2D eigenvalue weighted by Gasteiger charge is 2.14. The average Bonchev–Trinajstić information content (AvgIpc) is 2.36. The lowest BCUT2D eigenvalue weighted by Crippen LogP contribution is -1.91. The van der Waals surface area contributed by atoms with E-state index in [2.05, 4.69) is 26.2 Å². The summed E-state index contributed by atoms with van der Waals surface area (Å²) in [6.45, 7) is 0.859. The molecule has 0 amide bonds. The summed E-state index contributed by atoms with van der Waals surface area (Å²) >= 11 is 3.03. The Hall–Kier alpha value is -0.640. The summed E-state index contributed by atoms with van der Waals surface area (Å²) in [5, 5.41) is 3.04. The Bertz CT molecular complexity index is 272. The smallest absolute Gasteiger partial charge is 0.158 e. The molecule has 0 saturated heterocycles. The number of nitrogens with zero attached hydrogens (tertiary/aromatic N) is 1. The molecule has 1 aliphatic heterocycles. The van der Waals surface area contributed by atoms with Crippen LogP contribution in [0.4, 0.5) is 10.1 Å². The van der Waals surface area contributed by atoms with E-state index < -0.39 is 0 Å². The number of anilines is 1. The van der Waals surface area contributed by atoms with Crippen molar-refractivity contribution in [2.24, 2.45) is 0 Å². The number of hydrogen-bond acceptors (Lipinski definition) is 2. The van der Waals surface area contributed by atoms with E-state index in [0.29, 0.717) is 4.60 Å². The largest absolute Gasteiger partial charge is 0.383 e. The summed E-state index contributed by atoms with van der Waals surface area (Å²) in [6.07, 6.45) is 0.883. The number of hydrogen-bond donors (Lipinski definition) is 1. The van der Waals surface area contributed by atoms with Crippen LogP contribution in [0.1, 0.15) is 5.69 Å². The first-order valence-electron chi connectivity index (χ1n) is 3.36. The molecule has 2 heterocycles. The van der Waals surface area contributed by atoms with Gasteiger partial charge in [-0.05, 0) is 15.9 Å². The molecule has 1 aliphatic rings. The molecule has 2 rings (SSSR count). The molecule has 0 fully saturated rings. The van der Waals surface area contributed by atoms with Gasteiger partial charge in [0.1, 0.15) is 4.60 Å². The number of nitrogens with one attached hydrogen (secondary N) is 1. The van der Waals surface area contributed by atoms with Gasteiger partial charge in [0.25, 0.3) is 0 Å². The predicted molar refractivity (Wildman–Crippen MR) is 44.1 cm³/mol. The van der Waals surface area contributed by atoms with E-state index in [1.807, 2.05) is 0 Å². The van der Waals surface area contributed by atoms with Crippen molar-refractivity contribution in [2.75, 3.05) is 11.9 Å². The van der Waals surface area contributed by atoms with Crippen molar-refractivity contribution >= 4 is 21.6 Å². The minimum absolute atomic E-state index is 0.306. The predicted octanol–water partition coefficient (Wildman–Crippen LogP) is 1.95. The molecule has 1 aromatic rings. The van der Waals surface area contributed by atoms with Crippen molar-refractivity contribution in [3.8, 4) is 0 Å². The highest BCUT2D eigenvalue weighted by molar-refractivity contribution is 9.10. The third kappa shape index (κ3) is 1.11. The Morgan fingerprint density at radius 3 is 3.27 bits per heavy atom. The van der Waals surface area contributed by atoms with Crippen LogP contribution in [0, 0.1) is 5.82 Å². The van der Waals surface area contributed by atoms with Gasteiger partial charge in [0.2, 0.25) is 0 Å². The minimum Gasteiger partial charge on any atom is -0.383 e. The molecule has 0 spiro atoms. The minimum atomic E-state index is -0.307. The molecule has 0 radical (unpaired) electrons. The second-order valence-corrected chi connectivity index (χ2v) is 3.18. The number of fused-ring (bicyclic) bond motifs is 1. The maximum Gasteiger partial charge on any atom is 0.158 e. The molecule has 0 bridgehead atoms. The van der Waals surface area contributed by atoms with Gasteiger partial charge in [-0.2, -0.15) is 0 Å². The van der Waals surface area contributed by atoms with Crippen molar-refractivity contribution in [3.63, 3.8) is 0 Å². The first-order valence-corrected chi connectivity index (χ1v) is 4.15. The molecule has 4 heteroatoms. The molecule has 0 saturated carbocycles. The molecule has 1 aromatic heterocycles. The normalized spacial score (nSPS) is 14.4. The monoisotopic (exact) mass is 216 g/mol. The Morgan fingerprint density at radius 2 is 2.45 bits per heavy atom. The Labute approximate surface area is 72.0 Å². The summed E-state index contributed by atoms with van der Waals surface area (Å²) < 4.78 is 13.1. The van der Waals surface area contributed by atoms with Gasteiger partial charge >= 0.3 is 0 Å². The molecular weight excluding hydrogens is 211 g/mol. The molecule has 11 heavy (non-hydrogen) atoms. The topological polar surface area (TPSA) is 24.9 Å². The van der Waals surface area contributed by atoms with E-state index in [9.17, 15) is 4.39 Å². The molecule has 58 valence electrons. The van der Waals surface area contributed by atoms with Crippen LogP contribution in [0.5, 0.6) is 0 Å². The van der Waals surface area contributed by atoms with Crippen molar-refractivity contribution in [3.05, 3.63) is 22.2 Å². The summed E-state index contributed by atoms with van der Waals surface area (Å²) in [7, 11) is 0. The molecule has 0 unspecified atom stereocenters. The number of pyridine rings is 1. The number of halogens is 2. The fourth-order valence-corrected chi connectivity index (χ4v) is 1.49. The molecule has 0 aliphatic carbocycles. The lowest BCUT2D eigenvalue weighted by Gasteiger charge is -1.99. The summed E-state index contributed by atoms with van der Waals surface area (Å²) in [5.74, 6) is -0.307. The van der Waals surface area contributed by atoms with Crippen LogP contribution in [-0.2, 0) is 6.42 Å². The second kappa shape index (κ2) is 2.44. The third-order valence-electron chi connectivity index (χ3n) is 1.69. The van der Waals surface area contributed by atoms with Gasteiger partial charge in [0.05, 0.1) is 11.4 Å². The molecule has 1 N–H and O–H groups in total. The third-order valence-corrected chi connectivity index (χ3v) is 2.25. The highest BCUT2D eigenvalue weighted by Crippen LogP contribution is 2.24. The summed E-state index contributed by atoms with van der Waals surface area (Å²) in [5.41, 5.74) is 1.77. The van der Waals surface area contributed by atoms with Crippen molar-refractivity contribution in [1.29, 1.82) is 0 Å². The van der Waals surface area contributed by atoms with E-state index >= 15 is 0 Å². The fraction of sp³-hybridized carbons (Fsp3) is 0.286. The quantitative estimate of drug-likeness (QED) is 0.671. The van der Waals surface area contributed by atoms with Crippen molar-refractivity contribution in [2.45, 2.75) is 6.42 Å². The van der Waals surface area contributed by atoms with Crippen LogP contribution in [0.2, 0.25) is 0 Å². The molecule has 0 aromatic carbocycles. The van der Waals surface area contributed by atoms with Crippen LogP contribution in [0.3, 0.4) is 0 Å². The summed E-state index contributed by atoms with van der Waals surface area (Å²) in [6, 6.07) is 1.47. The van der Waals surface area contributed by atoms with Gasteiger partial charge in [-0.1, -0.05) is 0 Å². The second-order valence-electron chi connectivity index (χ2n) is 2.43. The zero-order valence-electron chi connectivity index (χ0n) is 5.69. The maximum absolute atomic E-state index is 12.8. The van der Waals surface area contributed by atoms with Crippen LogP contribution in [0.25, 0.3) is 0 Å². The van der Waals surface area contributed by atoms with Crippen LogP contribution < -0.4 is 5.32 Å². The van der Waals surface area contributed by atoms with E-state index in [1.165, 1.54) is 6.07 Å². The zero-order chi connectivity index (χ0) is 7.84. The van der Waals surface area contributed by atoms with E-state index in [-0.39, 0.29) is 5.82 Å². The van der Waals surface area contributed by atoms with E-state index in [1.54, 1.807) is 0 Å². The van der Waals surface area contributed by atoms with Gasteiger partial charge < -0.3 is 5.32 Å². The number of aromatic nitrogens is 1. The van der Waals surface area contributed by atoms with Crippen LogP contribution in [-0.4, -0.2) is 11.5 Å². The van der Waals surface area contributed by atoms with Crippen molar-refractivity contribution in [1.82, 2.24) is 4.98 Å². The zero-order valence-corrected chi connectivity index (χ0v) is 7.28. The van der Waals surface area contributed by atoms with Crippen molar-refractivity contribution < 1.29 is 4.39 Å². The molecule has 2 nitrogen and oxygen atoms in total. The van der Waals surface area contributed by atoms with Gasteiger partial charge in [0, 0.05) is 19.0 Å². The fourth-order valence-electron chi connectivity index (χ4n) is 1.16. The highest BCUT2D eigenvalue weighted by atomic mass is 79.9. The Kier molecular flexibility index (Phi) is 1.56. The van der Waals surface area contributed by atoms with Crippen LogP contribution in [0.15, 0.2) is 10.7 Å².